The molecule has 0 aliphatic heterocycles. The molecule has 0 saturated heterocycles. The Labute approximate surface area is 274 Å². The number of aliphatic hydroxyl groups is 2. The van der Waals surface area contributed by atoms with Crippen LogP contribution < -0.4 is 0 Å². The van der Waals surface area contributed by atoms with Gasteiger partial charge in [-0.2, -0.15) is 0 Å². The second-order valence-electron chi connectivity index (χ2n) is 19.4. The van der Waals surface area contributed by atoms with Crippen molar-refractivity contribution in [1.29, 1.82) is 0 Å². The van der Waals surface area contributed by atoms with Gasteiger partial charge in [0, 0.05) is 17.3 Å². The van der Waals surface area contributed by atoms with Crippen LogP contribution in [0.4, 0.5) is 0 Å². The minimum absolute atomic E-state index is 0.0198. The first-order chi connectivity index (χ1) is 20.7. The van der Waals surface area contributed by atoms with Gasteiger partial charge >= 0.3 is 0 Å². The first-order valence-corrected chi connectivity index (χ1v) is 18.6. The molecule has 3 fully saturated rings. The van der Waals surface area contributed by atoms with E-state index < -0.39 is 28.5 Å². The molecule has 6 rings (SSSR count). The Kier molecular flexibility index (Phi) is 7.57. The van der Waals surface area contributed by atoms with Gasteiger partial charge in [0.15, 0.2) is 11.6 Å². The molecule has 0 aromatic rings. The van der Waals surface area contributed by atoms with E-state index in [2.05, 4.69) is 41.5 Å². The highest BCUT2D eigenvalue weighted by Gasteiger charge is 2.73. The topological polar surface area (TPSA) is 74.6 Å². The smallest absolute Gasteiger partial charge is 0.187 e. The van der Waals surface area contributed by atoms with Crippen LogP contribution in [0.2, 0.25) is 0 Å². The molecule has 0 aromatic heterocycles. The van der Waals surface area contributed by atoms with Gasteiger partial charge in [-0.25, -0.2) is 0 Å². The SMILES string of the molecule is CC(=O)C(O)(C(C)C)C1C2=C(CC34CCC5C(C)(C)CCCC5(C)C3=CC(=O)C(O)(C(C)C)C14)C1(C)CCCC(C)(C)C1CC2. The van der Waals surface area contributed by atoms with Crippen LogP contribution in [0.15, 0.2) is 22.8 Å². The standard InChI is InChI=1S/C41H64O4/c1-24(2)40(44,26(5)42)33-27-14-15-29-35(6,7)17-12-19-37(29,10)28(27)23-39-21-16-30-36(8,9)18-13-20-38(30,11)31(39)22-32(43)41(45,25(3)4)34(33)39/h22,24-25,29-30,33-34,44-45H,12-21,23H2,1-11H3. The number of Topliss-reactive ketones (excluding diaryl/α,β-unsaturated/α-hetero) is 1. The fourth-order valence-electron chi connectivity index (χ4n) is 13.9. The Balaban J connectivity index is 1.71. The molecule has 9 atom stereocenters. The van der Waals surface area contributed by atoms with E-state index in [0.29, 0.717) is 11.8 Å². The summed E-state index contributed by atoms with van der Waals surface area (Å²) in [6.07, 6.45) is 13.6. The number of carbonyl (C=O) groups excluding carboxylic acids is 2. The van der Waals surface area contributed by atoms with E-state index in [0.717, 1.165) is 51.4 Å². The molecular weight excluding hydrogens is 556 g/mol. The molecule has 9 unspecified atom stereocenters. The van der Waals surface area contributed by atoms with E-state index in [1.54, 1.807) is 6.92 Å². The third-order valence-electron chi connectivity index (χ3n) is 16.0. The fourth-order valence-corrected chi connectivity index (χ4v) is 13.9. The van der Waals surface area contributed by atoms with E-state index >= 15 is 0 Å². The van der Waals surface area contributed by atoms with Gasteiger partial charge in [0.1, 0.15) is 11.2 Å². The van der Waals surface area contributed by atoms with Crippen LogP contribution in [0.25, 0.3) is 0 Å². The van der Waals surface area contributed by atoms with Crippen LogP contribution in [-0.2, 0) is 9.59 Å². The Morgan fingerprint density at radius 1 is 0.867 bits per heavy atom. The number of hydrogen-bond acceptors (Lipinski definition) is 4. The van der Waals surface area contributed by atoms with Crippen LogP contribution in [0, 0.1) is 62.6 Å². The Morgan fingerprint density at radius 2 is 1.42 bits per heavy atom. The number of fused-ring (bicyclic) bond motifs is 4. The van der Waals surface area contributed by atoms with Crippen molar-refractivity contribution in [2.24, 2.45) is 62.6 Å². The molecule has 4 heteroatoms. The summed E-state index contributed by atoms with van der Waals surface area (Å²) in [6.45, 7) is 24.2. The molecule has 0 bridgehead atoms. The lowest BCUT2D eigenvalue weighted by Crippen LogP contribution is -2.71. The van der Waals surface area contributed by atoms with Gasteiger partial charge in [-0.3, -0.25) is 9.59 Å². The van der Waals surface area contributed by atoms with Gasteiger partial charge in [-0.1, -0.05) is 98.8 Å². The maximum absolute atomic E-state index is 14.7. The zero-order valence-corrected chi connectivity index (χ0v) is 30.5. The van der Waals surface area contributed by atoms with E-state index in [-0.39, 0.29) is 45.1 Å². The normalized spacial score (nSPS) is 45.0. The third kappa shape index (κ3) is 4.15. The third-order valence-corrected chi connectivity index (χ3v) is 16.0. The minimum Gasteiger partial charge on any atom is -0.381 e. The van der Waals surface area contributed by atoms with Crippen LogP contribution in [0.3, 0.4) is 0 Å². The molecule has 3 saturated carbocycles. The summed E-state index contributed by atoms with van der Waals surface area (Å²) in [5.74, 6) is -1.23. The van der Waals surface area contributed by atoms with Crippen molar-refractivity contribution in [2.45, 2.75) is 158 Å². The summed E-state index contributed by atoms with van der Waals surface area (Å²) in [4.78, 5) is 28.6. The van der Waals surface area contributed by atoms with Crippen molar-refractivity contribution in [3.8, 4) is 0 Å². The summed E-state index contributed by atoms with van der Waals surface area (Å²) in [6, 6.07) is 0. The van der Waals surface area contributed by atoms with Crippen LogP contribution in [0.1, 0.15) is 147 Å². The van der Waals surface area contributed by atoms with E-state index in [9.17, 15) is 19.8 Å². The summed E-state index contributed by atoms with van der Waals surface area (Å²) >= 11 is 0. The molecule has 1 spiro atoms. The van der Waals surface area contributed by atoms with Gasteiger partial charge in [0.05, 0.1) is 0 Å². The summed E-state index contributed by atoms with van der Waals surface area (Å²) < 4.78 is 0. The molecule has 6 aliphatic carbocycles. The molecule has 252 valence electrons. The number of hydrogen-bond donors (Lipinski definition) is 2. The lowest BCUT2D eigenvalue weighted by molar-refractivity contribution is -0.200. The highest BCUT2D eigenvalue weighted by molar-refractivity contribution is 6.00. The molecule has 6 aliphatic rings. The predicted molar refractivity (Wildman–Crippen MR) is 181 cm³/mol. The van der Waals surface area contributed by atoms with Crippen LogP contribution in [-0.4, -0.2) is 33.0 Å². The average molecular weight is 621 g/mol. The van der Waals surface area contributed by atoms with Gasteiger partial charge < -0.3 is 10.2 Å². The monoisotopic (exact) mass is 620 g/mol. The van der Waals surface area contributed by atoms with Crippen molar-refractivity contribution in [3.05, 3.63) is 22.8 Å². The Bertz CT molecular complexity index is 1350. The van der Waals surface area contributed by atoms with Gasteiger partial charge in [-0.15, -0.1) is 0 Å². The van der Waals surface area contributed by atoms with E-state index in [1.165, 1.54) is 36.0 Å². The maximum atomic E-state index is 14.7. The zero-order chi connectivity index (χ0) is 33.3. The second kappa shape index (κ2) is 10.1. The first kappa shape index (κ1) is 33.6. The van der Waals surface area contributed by atoms with Gasteiger partial charge in [0.2, 0.25) is 0 Å². The van der Waals surface area contributed by atoms with Crippen molar-refractivity contribution in [2.75, 3.05) is 0 Å². The number of ketones is 2. The summed E-state index contributed by atoms with van der Waals surface area (Å²) in [7, 11) is 0. The largest absolute Gasteiger partial charge is 0.381 e. The molecule has 2 N–H and O–H groups in total. The molecule has 45 heavy (non-hydrogen) atoms. The van der Waals surface area contributed by atoms with Gasteiger partial charge in [0.25, 0.3) is 0 Å². The molecular formula is C41H64O4. The molecule has 4 nitrogen and oxygen atoms in total. The highest BCUT2D eigenvalue weighted by Crippen LogP contribution is 2.76. The zero-order valence-electron chi connectivity index (χ0n) is 30.5. The Hall–Kier alpha value is -1.26. The van der Waals surface area contributed by atoms with E-state index in [4.69, 9.17) is 0 Å². The van der Waals surface area contributed by atoms with Crippen molar-refractivity contribution in [1.82, 2.24) is 0 Å². The predicted octanol–water partition coefficient (Wildman–Crippen LogP) is 9.03. The maximum Gasteiger partial charge on any atom is 0.187 e. The lowest BCUT2D eigenvalue weighted by Gasteiger charge is -2.70. The second-order valence-corrected chi connectivity index (χ2v) is 19.4. The summed E-state index contributed by atoms with van der Waals surface area (Å²) in [5, 5.41) is 26.0. The molecule has 0 aromatic carbocycles. The number of allylic oxidation sites excluding steroid dienone is 2. The quantitative estimate of drug-likeness (QED) is 0.308. The number of rotatable bonds is 4. The fraction of sp³-hybridized carbons (Fsp3) is 0.854. The van der Waals surface area contributed by atoms with Crippen LogP contribution >= 0.6 is 0 Å². The molecule has 0 heterocycles. The van der Waals surface area contributed by atoms with Crippen molar-refractivity contribution < 1.29 is 19.8 Å². The average Bonchev–Trinajstić information content (AvgIpc) is 2.92. The van der Waals surface area contributed by atoms with Gasteiger partial charge in [-0.05, 0) is 116 Å². The molecule has 0 amide bonds. The van der Waals surface area contributed by atoms with Crippen molar-refractivity contribution in [3.63, 3.8) is 0 Å². The van der Waals surface area contributed by atoms with Crippen LogP contribution in [0.5, 0.6) is 0 Å². The molecule has 0 radical (unpaired) electrons. The number of carbonyl (C=O) groups is 2. The van der Waals surface area contributed by atoms with E-state index in [1.807, 2.05) is 33.8 Å². The van der Waals surface area contributed by atoms with Crippen molar-refractivity contribution >= 4 is 11.6 Å². The highest BCUT2D eigenvalue weighted by atomic mass is 16.3. The Morgan fingerprint density at radius 3 is 1.96 bits per heavy atom. The minimum atomic E-state index is -1.67. The summed E-state index contributed by atoms with van der Waals surface area (Å²) in [5.41, 5.74) is 0.396. The lowest BCUT2D eigenvalue weighted by atomic mass is 9.34. The first-order valence-electron chi connectivity index (χ1n) is 18.6.